The summed E-state index contributed by atoms with van der Waals surface area (Å²) < 4.78 is 4.89. The Morgan fingerprint density at radius 3 is 2.57 bits per heavy atom. The number of nitrogens with one attached hydrogen (secondary N) is 1. The van der Waals surface area contributed by atoms with Crippen molar-refractivity contribution < 1.29 is 14.3 Å². The van der Waals surface area contributed by atoms with Crippen LogP contribution in [0.4, 0.5) is 5.69 Å². The summed E-state index contributed by atoms with van der Waals surface area (Å²) >= 11 is 0. The molecule has 6 heteroatoms. The Morgan fingerprint density at radius 1 is 1.22 bits per heavy atom. The highest BCUT2D eigenvalue weighted by molar-refractivity contribution is 5.94. The molecule has 23 heavy (non-hydrogen) atoms. The number of anilines is 1. The first-order chi connectivity index (χ1) is 11.1. The van der Waals surface area contributed by atoms with Crippen molar-refractivity contribution in [2.75, 3.05) is 11.9 Å². The van der Waals surface area contributed by atoms with Gasteiger partial charge in [-0.15, -0.1) is 0 Å². The van der Waals surface area contributed by atoms with Gasteiger partial charge in [-0.3, -0.25) is 9.78 Å². The molecule has 0 bridgehead atoms. The van der Waals surface area contributed by atoms with Gasteiger partial charge >= 0.3 is 5.97 Å². The topological polar surface area (TPSA) is 81.2 Å². The van der Waals surface area contributed by atoms with Crippen LogP contribution in [0, 0.1) is 0 Å². The molecule has 0 saturated carbocycles. The van der Waals surface area contributed by atoms with E-state index in [1.54, 1.807) is 0 Å². The van der Waals surface area contributed by atoms with E-state index in [4.69, 9.17) is 4.74 Å². The maximum absolute atomic E-state index is 11.8. The van der Waals surface area contributed by atoms with Crippen molar-refractivity contribution in [3.8, 4) is 0 Å². The second-order valence-electron chi connectivity index (χ2n) is 5.15. The summed E-state index contributed by atoms with van der Waals surface area (Å²) in [5.74, 6) is -0.605. The van der Waals surface area contributed by atoms with Crippen LogP contribution < -0.4 is 5.32 Å². The summed E-state index contributed by atoms with van der Waals surface area (Å²) in [4.78, 5) is 31.0. The Bertz CT molecular complexity index is 657. The molecule has 1 atom stereocenters. The Hall–Kier alpha value is -2.76. The van der Waals surface area contributed by atoms with E-state index in [1.807, 2.05) is 24.3 Å². The minimum atomic E-state index is -0.680. The van der Waals surface area contributed by atoms with Crippen molar-refractivity contribution in [3.05, 3.63) is 54.1 Å². The lowest BCUT2D eigenvalue weighted by Crippen LogP contribution is -2.21. The fourth-order valence-electron chi connectivity index (χ4n) is 1.94. The van der Waals surface area contributed by atoms with E-state index in [0.29, 0.717) is 11.6 Å². The summed E-state index contributed by atoms with van der Waals surface area (Å²) in [6.45, 7) is 3.91. The van der Waals surface area contributed by atoms with Crippen molar-refractivity contribution in [3.63, 3.8) is 0 Å². The van der Waals surface area contributed by atoms with Gasteiger partial charge in [0, 0.05) is 18.1 Å². The molecule has 120 valence electrons. The second-order valence-corrected chi connectivity index (χ2v) is 5.15. The predicted octanol–water partition coefficient (Wildman–Crippen LogP) is 2.79. The number of rotatable bonds is 6. The molecule has 0 aliphatic carbocycles. The van der Waals surface area contributed by atoms with Crippen LogP contribution in [0.15, 0.2) is 42.9 Å². The van der Waals surface area contributed by atoms with Crippen LogP contribution in [-0.2, 0) is 9.53 Å². The van der Waals surface area contributed by atoms with E-state index in [-0.39, 0.29) is 12.3 Å². The molecular formula is C17H19N3O3. The van der Waals surface area contributed by atoms with Crippen molar-refractivity contribution in [1.82, 2.24) is 9.97 Å². The Labute approximate surface area is 134 Å². The number of esters is 1. The van der Waals surface area contributed by atoms with Crippen molar-refractivity contribution >= 4 is 17.6 Å². The minimum Gasteiger partial charge on any atom is -0.451 e. The molecular weight excluding hydrogens is 294 g/mol. The number of aromatic nitrogens is 2. The molecule has 2 aromatic rings. The molecule has 1 heterocycles. The van der Waals surface area contributed by atoms with Gasteiger partial charge < -0.3 is 10.1 Å². The molecule has 1 N–H and O–H groups in total. The number of amides is 1. The summed E-state index contributed by atoms with van der Waals surface area (Å²) in [6, 6.07) is 7.64. The third-order valence-corrected chi connectivity index (χ3v) is 3.48. The summed E-state index contributed by atoms with van der Waals surface area (Å²) in [6.07, 6.45) is 5.18. The number of carbonyl (C=O) groups excluding carboxylic acids is 2. The van der Waals surface area contributed by atoms with Crippen molar-refractivity contribution in [2.45, 2.75) is 26.2 Å². The lowest BCUT2D eigenvalue weighted by molar-refractivity contribution is -0.119. The minimum absolute atomic E-state index is 0.0678. The van der Waals surface area contributed by atoms with Crippen molar-refractivity contribution in [1.29, 1.82) is 0 Å². The molecule has 1 aromatic carbocycles. The number of carbonyl (C=O) groups is 2. The largest absolute Gasteiger partial charge is 0.451 e. The molecule has 0 fully saturated rings. The normalized spacial score (nSPS) is 11.6. The van der Waals surface area contributed by atoms with E-state index in [9.17, 15) is 9.59 Å². The van der Waals surface area contributed by atoms with Crippen molar-refractivity contribution in [2.24, 2.45) is 0 Å². The average molecular weight is 313 g/mol. The molecule has 6 nitrogen and oxygen atoms in total. The monoisotopic (exact) mass is 313 g/mol. The molecule has 1 amide bonds. The lowest BCUT2D eigenvalue weighted by atomic mass is 9.99. The van der Waals surface area contributed by atoms with E-state index < -0.39 is 11.9 Å². The maximum Gasteiger partial charge on any atom is 0.359 e. The first-order valence-electron chi connectivity index (χ1n) is 7.43. The van der Waals surface area contributed by atoms with Crippen LogP contribution in [0.5, 0.6) is 0 Å². The number of nitrogens with zero attached hydrogens (tertiary/aromatic N) is 2. The summed E-state index contributed by atoms with van der Waals surface area (Å²) in [7, 11) is 0. The average Bonchev–Trinajstić information content (AvgIpc) is 2.60. The van der Waals surface area contributed by atoms with Gasteiger partial charge in [0.1, 0.15) is 0 Å². The van der Waals surface area contributed by atoms with Gasteiger partial charge in [0.2, 0.25) is 0 Å². The number of hydrogen-bond acceptors (Lipinski definition) is 5. The SMILES string of the molecule is CC[C@H](C)c1ccc(NC(=O)COC(=O)c2cnccn2)cc1. The molecule has 0 radical (unpaired) electrons. The first-order valence-corrected chi connectivity index (χ1v) is 7.43. The third-order valence-electron chi connectivity index (χ3n) is 3.48. The molecule has 1 aromatic heterocycles. The Morgan fingerprint density at radius 2 is 1.96 bits per heavy atom. The number of benzene rings is 1. The van der Waals surface area contributed by atoms with Crippen LogP contribution in [0.2, 0.25) is 0 Å². The standard InChI is InChI=1S/C17H19N3O3/c1-3-12(2)13-4-6-14(7-5-13)20-16(21)11-23-17(22)15-10-18-8-9-19-15/h4-10,12H,3,11H2,1-2H3,(H,20,21)/t12-/m0/s1. The van der Waals surface area contributed by atoms with Crippen LogP contribution in [0.25, 0.3) is 0 Å². The van der Waals surface area contributed by atoms with Gasteiger partial charge in [-0.2, -0.15) is 0 Å². The van der Waals surface area contributed by atoms with Gasteiger partial charge in [-0.05, 0) is 30.0 Å². The van der Waals surface area contributed by atoms with Gasteiger partial charge in [0.15, 0.2) is 12.3 Å². The fraction of sp³-hybridized carbons (Fsp3) is 0.294. The van der Waals surface area contributed by atoms with Crippen LogP contribution in [0.1, 0.15) is 42.2 Å². The first kappa shape index (κ1) is 16.6. The molecule has 0 saturated heterocycles. The van der Waals surface area contributed by atoms with Crippen LogP contribution in [-0.4, -0.2) is 28.5 Å². The zero-order chi connectivity index (χ0) is 16.7. The Balaban J connectivity index is 1.84. The molecule has 2 rings (SSSR count). The van der Waals surface area contributed by atoms with Gasteiger partial charge in [0.05, 0.1) is 6.20 Å². The molecule has 0 unspecified atom stereocenters. The maximum atomic E-state index is 11.8. The highest BCUT2D eigenvalue weighted by Crippen LogP contribution is 2.20. The molecule has 0 aliphatic heterocycles. The summed E-state index contributed by atoms with van der Waals surface area (Å²) in [5.41, 5.74) is 1.95. The highest BCUT2D eigenvalue weighted by atomic mass is 16.5. The molecule has 0 aliphatic rings. The zero-order valence-electron chi connectivity index (χ0n) is 13.2. The number of ether oxygens (including phenoxy) is 1. The third kappa shape index (κ3) is 4.88. The highest BCUT2D eigenvalue weighted by Gasteiger charge is 2.11. The predicted molar refractivity (Wildman–Crippen MR) is 86.1 cm³/mol. The van der Waals surface area contributed by atoms with E-state index in [1.165, 1.54) is 24.2 Å². The lowest BCUT2D eigenvalue weighted by Gasteiger charge is -2.10. The second kappa shape index (κ2) is 8.03. The van der Waals surface area contributed by atoms with E-state index >= 15 is 0 Å². The quantitative estimate of drug-likeness (QED) is 0.829. The van der Waals surface area contributed by atoms with E-state index in [0.717, 1.165) is 6.42 Å². The van der Waals surface area contributed by atoms with E-state index in [2.05, 4.69) is 29.1 Å². The van der Waals surface area contributed by atoms with Gasteiger partial charge in [0.25, 0.3) is 5.91 Å². The number of hydrogen-bond donors (Lipinski definition) is 1. The molecule has 0 spiro atoms. The zero-order valence-corrected chi connectivity index (χ0v) is 13.2. The van der Waals surface area contributed by atoms with Crippen LogP contribution in [0.3, 0.4) is 0 Å². The fourth-order valence-corrected chi connectivity index (χ4v) is 1.94. The van der Waals surface area contributed by atoms with Gasteiger partial charge in [-0.1, -0.05) is 26.0 Å². The Kier molecular flexibility index (Phi) is 5.80. The van der Waals surface area contributed by atoms with Crippen LogP contribution >= 0.6 is 0 Å². The summed E-state index contributed by atoms with van der Waals surface area (Å²) in [5, 5.41) is 2.68. The van der Waals surface area contributed by atoms with Gasteiger partial charge in [-0.25, -0.2) is 9.78 Å². The smallest absolute Gasteiger partial charge is 0.359 e.